The van der Waals surface area contributed by atoms with Crippen LogP contribution in [-0.2, 0) is 0 Å². The number of para-hydroxylation sites is 3. The van der Waals surface area contributed by atoms with Gasteiger partial charge in [-0.3, -0.25) is 0 Å². The highest BCUT2D eigenvalue weighted by molar-refractivity contribution is 6.19. The minimum atomic E-state index is 0.688. The summed E-state index contributed by atoms with van der Waals surface area (Å²) in [6, 6.07) is 52.0. The molecule has 0 saturated heterocycles. The standard InChI is InChI=1S/C41H25N3O/c1-2-10-26(11-3-1)27-18-20-28(21-19-27)38-31-12-4-7-15-34(31)43-41(44-38)30-24-22-29(23-25-30)39-37-33-14-6-9-17-36(33)45-40(37)32-13-5-8-16-35(32)42-39/h1-25H. The molecule has 6 aromatic carbocycles. The highest BCUT2D eigenvalue weighted by Crippen LogP contribution is 2.40. The maximum atomic E-state index is 6.39. The minimum Gasteiger partial charge on any atom is -0.455 e. The lowest BCUT2D eigenvalue weighted by Gasteiger charge is -2.11. The number of benzene rings is 6. The fourth-order valence-corrected chi connectivity index (χ4v) is 6.27. The molecule has 3 aromatic heterocycles. The number of hydrogen-bond acceptors (Lipinski definition) is 4. The lowest BCUT2D eigenvalue weighted by atomic mass is 10.00. The monoisotopic (exact) mass is 575 g/mol. The van der Waals surface area contributed by atoms with Gasteiger partial charge in [0, 0.05) is 32.8 Å². The average molecular weight is 576 g/mol. The van der Waals surface area contributed by atoms with Crippen LogP contribution >= 0.6 is 0 Å². The van der Waals surface area contributed by atoms with Gasteiger partial charge in [-0.1, -0.05) is 127 Å². The van der Waals surface area contributed by atoms with Crippen molar-refractivity contribution in [3.63, 3.8) is 0 Å². The summed E-state index contributed by atoms with van der Waals surface area (Å²) < 4.78 is 6.39. The van der Waals surface area contributed by atoms with E-state index >= 15 is 0 Å². The van der Waals surface area contributed by atoms with Crippen molar-refractivity contribution >= 4 is 43.7 Å². The lowest BCUT2D eigenvalue weighted by molar-refractivity contribution is 0.672. The van der Waals surface area contributed by atoms with E-state index in [4.69, 9.17) is 19.4 Å². The molecule has 0 N–H and O–H groups in total. The van der Waals surface area contributed by atoms with Gasteiger partial charge in [-0.2, -0.15) is 0 Å². The Hall–Kier alpha value is -6.13. The molecule has 9 aromatic rings. The van der Waals surface area contributed by atoms with Crippen molar-refractivity contribution in [1.82, 2.24) is 15.0 Å². The highest BCUT2D eigenvalue weighted by Gasteiger charge is 2.18. The predicted octanol–water partition coefficient (Wildman–Crippen LogP) is 10.7. The molecule has 9 rings (SSSR count). The van der Waals surface area contributed by atoms with Crippen molar-refractivity contribution in [3.8, 4) is 45.0 Å². The van der Waals surface area contributed by atoms with Crippen molar-refractivity contribution in [2.75, 3.05) is 0 Å². The molecule has 0 spiro atoms. The third-order valence-electron chi connectivity index (χ3n) is 8.50. The minimum absolute atomic E-state index is 0.688. The van der Waals surface area contributed by atoms with Crippen molar-refractivity contribution < 1.29 is 4.42 Å². The van der Waals surface area contributed by atoms with Gasteiger partial charge in [-0.05, 0) is 35.4 Å². The Labute approximate surface area is 259 Å². The van der Waals surface area contributed by atoms with Crippen molar-refractivity contribution in [3.05, 3.63) is 152 Å². The first-order chi connectivity index (χ1) is 22.3. The Morgan fingerprint density at radius 3 is 1.64 bits per heavy atom. The molecule has 210 valence electrons. The summed E-state index contributed by atoms with van der Waals surface area (Å²) in [4.78, 5) is 15.2. The number of fused-ring (bicyclic) bond motifs is 6. The second-order valence-corrected chi connectivity index (χ2v) is 11.2. The zero-order valence-corrected chi connectivity index (χ0v) is 24.2. The van der Waals surface area contributed by atoms with Crippen LogP contribution in [0.15, 0.2) is 156 Å². The molecule has 0 amide bonds. The van der Waals surface area contributed by atoms with E-state index in [2.05, 4.69) is 97.1 Å². The Bertz CT molecular complexity index is 2520. The molecule has 3 heterocycles. The molecule has 0 saturated carbocycles. The van der Waals surface area contributed by atoms with E-state index < -0.39 is 0 Å². The SMILES string of the molecule is c1ccc(-c2ccc(-c3nc(-c4ccc(-c5nc6ccccc6c6oc7ccccc7c56)cc4)nc4ccccc34)cc2)cc1. The molecule has 4 nitrogen and oxygen atoms in total. The first kappa shape index (κ1) is 25.4. The molecule has 45 heavy (non-hydrogen) atoms. The van der Waals surface area contributed by atoms with Crippen LogP contribution in [0.3, 0.4) is 0 Å². The number of pyridine rings is 1. The van der Waals surface area contributed by atoms with E-state index in [1.54, 1.807) is 0 Å². The quantitative estimate of drug-likeness (QED) is 0.209. The molecular weight excluding hydrogens is 550 g/mol. The van der Waals surface area contributed by atoms with Crippen LogP contribution in [0, 0.1) is 0 Å². The molecule has 0 unspecified atom stereocenters. The molecule has 0 aliphatic heterocycles. The fourth-order valence-electron chi connectivity index (χ4n) is 6.27. The summed E-state index contributed by atoms with van der Waals surface area (Å²) in [5, 5.41) is 4.13. The number of aromatic nitrogens is 3. The Balaban J connectivity index is 1.16. The molecule has 0 atom stereocenters. The molecule has 0 aliphatic carbocycles. The maximum absolute atomic E-state index is 6.39. The van der Waals surface area contributed by atoms with Crippen LogP contribution in [0.2, 0.25) is 0 Å². The predicted molar refractivity (Wildman–Crippen MR) is 184 cm³/mol. The molecule has 4 heteroatoms. The molecule has 0 fully saturated rings. The largest absolute Gasteiger partial charge is 0.455 e. The van der Waals surface area contributed by atoms with Gasteiger partial charge in [0.25, 0.3) is 0 Å². The van der Waals surface area contributed by atoms with E-state index in [0.29, 0.717) is 5.82 Å². The van der Waals surface area contributed by atoms with Gasteiger partial charge in [0.15, 0.2) is 5.82 Å². The fraction of sp³-hybridized carbons (Fsp3) is 0. The Kier molecular flexibility index (Phi) is 5.78. The number of rotatable bonds is 4. The third kappa shape index (κ3) is 4.27. The van der Waals surface area contributed by atoms with Crippen molar-refractivity contribution in [1.29, 1.82) is 0 Å². The summed E-state index contributed by atoms with van der Waals surface area (Å²) in [7, 11) is 0. The molecular formula is C41H25N3O. The van der Waals surface area contributed by atoms with Crippen LogP contribution in [0.4, 0.5) is 0 Å². The van der Waals surface area contributed by atoms with Gasteiger partial charge < -0.3 is 4.42 Å². The van der Waals surface area contributed by atoms with E-state index in [-0.39, 0.29) is 0 Å². The Morgan fingerprint density at radius 2 is 0.889 bits per heavy atom. The average Bonchev–Trinajstić information content (AvgIpc) is 3.52. The van der Waals surface area contributed by atoms with E-state index in [0.717, 1.165) is 71.8 Å². The summed E-state index contributed by atoms with van der Waals surface area (Å²) in [5.41, 5.74) is 10.7. The second kappa shape index (κ2) is 10.2. The molecule has 0 radical (unpaired) electrons. The summed E-state index contributed by atoms with van der Waals surface area (Å²) >= 11 is 0. The van der Waals surface area contributed by atoms with Gasteiger partial charge in [0.2, 0.25) is 0 Å². The van der Waals surface area contributed by atoms with Crippen LogP contribution in [0.1, 0.15) is 0 Å². The van der Waals surface area contributed by atoms with Gasteiger partial charge in [-0.25, -0.2) is 15.0 Å². The third-order valence-corrected chi connectivity index (χ3v) is 8.50. The van der Waals surface area contributed by atoms with Crippen molar-refractivity contribution in [2.45, 2.75) is 0 Å². The van der Waals surface area contributed by atoms with Gasteiger partial charge in [0.05, 0.1) is 27.8 Å². The number of nitrogens with zero attached hydrogens (tertiary/aromatic N) is 3. The van der Waals surface area contributed by atoms with Crippen LogP contribution in [0.25, 0.3) is 88.8 Å². The molecule has 0 bridgehead atoms. The molecule has 0 aliphatic rings. The van der Waals surface area contributed by atoms with Crippen LogP contribution in [0.5, 0.6) is 0 Å². The van der Waals surface area contributed by atoms with E-state index in [9.17, 15) is 0 Å². The summed E-state index contributed by atoms with van der Waals surface area (Å²) in [6.07, 6.45) is 0. The summed E-state index contributed by atoms with van der Waals surface area (Å²) in [6.45, 7) is 0. The lowest BCUT2D eigenvalue weighted by Crippen LogP contribution is -1.95. The van der Waals surface area contributed by atoms with E-state index in [1.165, 1.54) is 11.1 Å². The van der Waals surface area contributed by atoms with Crippen LogP contribution in [-0.4, -0.2) is 15.0 Å². The topological polar surface area (TPSA) is 51.8 Å². The van der Waals surface area contributed by atoms with E-state index in [1.807, 2.05) is 54.6 Å². The number of hydrogen-bond donors (Lipinski definition) is 0. The number of furan rings is 1. The first-order valence-corrected chi connectivity index (χ1v) is 15.0. The second-order valence-electron chi connectivity index (χ2n) is 11.2. The van der Waals surface area contributed by atoms with Gasteiger partial charge in [-0.15, -0.1) is 0 Å². The van der Waals surface area contributed by atoms with Crippen molar-refractivity contribution in [2.24, 2.45) is 0 Å². The smallest absolute Gasteiger partial charge is 0.160 e. The highest BCUT2D eigenvalue weighted by atomic mass is 16.3. The first-order valence-electron chi connectivity index (χ1n) is 15.0. The maximum Gasteiger partial charge on any atom is 0.160 e. The van der Waals surface area contributed by atoms with Crippen LogP contribution < -0.4 is 0 Å². The summed E-state index contributed by atoms with van der Waals surface area (Å²) in [5.74, 6) is 0.688. The zero-order valence-electron chi connectivity index (χ0n) is 24.2. The van der Waals surface area contributed by atoms with Gasteiger partial charge in [0.1, 0.15) is 11.2 Å². The Morgan fingerprint density at radius 1 is 0.356 bits per heavy atom. The normalized spacial score (nSPS) is 11.6. The van der Waals surface area contributed by atoms with Gasteiger partial charge >= 0.3 is 0 Å². The zero-order chi connectivity index (χ0) is 29.7.